The highest BCUT2D eigenvalue weighted by atomic mass is 16.2. The normalized spacial score (nSPS) is 13.8. The fourth-order valence-corrected chi connectivity index (χ4v) is 3.31. The number of amides is 2. The van der Waals surface area contributed by atoms with Gasteiger partial charge >= 0.3 is 0 Å². The highest BCUT2D eigenvalue weighted by molar-refractivity contribution is 6.05. The van der Waals surface area contributed by atoms with Gasteiger partial charge in [0.15, 0.2) is 0 Å². The van der Waals surface area contributed by atoms with E-state index in [0.29, 0.717) is 17.7 Å². The third-order valence-electron chi connectivity index (χ3n) is 4.77. The van der Waals surface area contributed by atoms with Crippen LogP contribution in [0.1, 0.15) is 28.9 Å². The predicted molar refractivity (Wildman–Crippen MR) is 104 cm³/mol. The summed E-state index contributed by atoms with van der Waals surface area (Å²) < 4.78 is 1.75. The van der Waals surface area contributed by atoms with Gasteiger partial charge in [-0.25, -0.2) is 4.68 Å². The average molecular weight is 360 g/mol. The molecule has 1 aliphatic heterocycles. The van der Waals surface area contributed by atoms with E-state index >= 15 is 0 Å². The van der Waals surface area contributed by atoms with Gasteiger partial charge in [0, 0.05) is 24.3 Å². The first kappa shape index (κ1) is 17.0. The molecule has 0 bridgehead atoms. The molecular formula is C21H20N4O2. The zero-order valence-electron chi connectivity index (χ0n) is 15.1. The number of nitrogens with one attached hydrogen (secondary N) is 1. The quantitative estimate of drug-likeness (QED) is 0.773. The second kappa shape index (κ2) is 7.07. The molecule has 4 rings (SSSR count). The minimum absolute atomic E-state index is 0.149. The molecule has 2 amide bonds. The van der Waals surface area contributed by atoms with Crippen LogP contribution in [0, 0.1) is 6.92 Å². The molecule has 0 aliphatic carbocycles. The molecule has 0 unspecified atom stereocenters. The first-order valence-electron chi connectivity index (χ1n) is 8.95. The molecule has 6 heteroatoms. The minimum Gasteiger partial charge on any atom is -0.322 e. The summed E-state index contributed by atoms with van der Waals surface area (Å²) in [4.78, 5) is 26.2. The van der Waals surface area contributed by atoms with Crippen molar-refractivity contribution in [3.63, 3.8) is 0 Å². The Morgan fingerprint density at radius 2 is 1.78 bits per heavy atom. The number of benzene rings is 2. The van der Waals surface area contributed by atoms with Crippen molar-refractivity contribution >= 4 is 23.2 Å². The van der Waals surface area contributed by atoms with Gasteiger partial charge in [-0.2, -0.15) is 5.10 Å². The van der Waals surface area contributed by atoms with Crippen LogP contribution in [0.15, 0.2) is 60.8 Å². The number of para-hydroxylation sites is 1. The lowest BCUT2D eigenvalue weighted by Crippen LogP contribution is -2.23. The minimum atomic E-state index is -0.209. The molecule has 27 heavy (non-hydrogen) atoms. The lowest BCUT2D eigenvalue weighted by molar-refractivity contribution is -0.117. The van der Waals surface area contributed by atoms with Crippen LogP contribution >= 0.6 is 0 Å². The largest absolute Gasteiger partial charge is 0.322 e. The van der Waals surface area contributed by atoms with Gasteiger partial charge in [-0.05, 0) is 49.7 Å². The monoisotopic (exact) mass is 360 g/mol. The number of rotatable bonds is 4. The second-order valence-electron chi connectivity index (χ2n) is 6.54. The van der Waals surface area contributed by atoms with Crippen LogP contribution in [-0.2, 0) is 4.79 Å². The van der Waals surface area contributed by atoms with Gasteiger partial charge in [0.1, 0.15) is 0 Å². The van der Waals surface area contributed by atoms with E-state index in [1.165, 1.54) is 0 Å². The van der Waals surface area contributed by atoms with E-state index < -0.39 is 0 Å². The summed E-state index contributed by atoms with van der Waals surface area (Å²) in [6.45, 7) is 2.62. The molecule has 0 atom stereocenters. The van der Waals surface area contributed by atoms with E-state index in [4.69, 9.17) is 0 Å². The van der Waals surface area contributed by atoms with E-state index in [2.05, 4.69) is 10.4 Å². The van der Waals surface area contributed by atoms with Crippen LogP contribution in [0.2, 0.25) is 0 Å². The molecule has 0 spiro atoms. The maximum atomic E-state index is 12.6. The number of aromatic nitrogens is 2. The Hall–Kier alpha value is -3.41. The van der Waals surface area contributed by atoms with Gasteiger partial charge in [0.2, 0.25) is 5.91 Å². The van der Waals surface area contributed by atoms with Crippen molar-refractivity contribution in [2.45, 2.75) is 19.8 Å². The number of carbonyl (C=O) groups is 2. The molecule has 136 valence electrons. The fraction of sp³-hybridized carbons (Fsp3) is 0.190. The van der Waals surface area contributed by atoms with Gasteiger partial charge < -0.3 is 10.2 Å². The molecule has 0 saturated carbocycles. The average Bonchev–Trinajstić information content (AvgIpc) is 3.29. The van der Waals surface area contributed by atoms with Crippen molar-refractivity contribution < 1.29 is 9.59 Å². The molecule has 0 radical (unpaired) electrons. The lowest BCUT2D eigenvalue weighted by Gasteiger charge is -2.16. The summed E-state index contributed by atoms with van der Waals surface area (Å²) in [5.74, 6) is -0.0598. The highest BCUT2D eigenvalue weighted by Crippen LogP contribution is 2.23. The van der Waals surface area contributed by atoms with Gasteiger partial charge in [-0.15, -0.1) is 0 Å². The van der Waals surface area contributed by atoms with Gasteiger partial charge in [-0.1, -0.05) is 18.2 Å². The van der Waals surface area contributed by atoms with Crippen LogP contribution in [0.5, 0.6) is 0 Å². The topological polar surface area (TPSA) is 67.2 Å². The van der Waals surface area contributed by atoms with Gasteiger partial charge in [0.05, 0.1) is 23.1 Å². The summed E-state index contributed by atoms with van der Waals surface area (Å²) in [6, 6.07) is 17.0. The zero-order chi connectivity index (χ0) is 18.8. The van der Waals surface area contributed by atoms with E-state index in [9.17, 15) is 9.59 Å². The van der Waals surface area contributed by atoms with Crippen LogP contribution < -0.4 is 10.2 Å². The third kappa shape index (κ3) is 3.33. The Balaban J connectivity index is 1.50. The maximum absolute atomic E-state index is 12.6. The van der Waals surface area contributed by atoms with Gasteiger partial charge in [-0.3, -0.25) is 9.59 Å². The van der Waals surface area contributed by atoms with Crippen molar-refractivity contribution in [3.8, 4) is 5.69 Å². The summed E-state index contributed by atoms with van der Waals surface area (Å²) in [7, 11) is 0. The van der Waals surface area contributed by atoms with Crippen molar-refractivity contribution in [3.05, 3.63) is 72.1 Å². The number of hydrogen-bond donors (Lipinski definition) is 1. The first-order valence-corrected chi connectivity index (χ1v) is 8.95. The van der Waals surface area contributed by atoms with E-state index in [0.717, 1.165) is 30.0 Å². The van der Waals surface area contributed by atoms with Crippen LogP contribution in [0.25, 0.3) is 5.69 Å². The summed E-state index contributed by atoms with van der Waals surface area (Å²) in [6.07, 6.45) is 3.07. The fourth-order valence-electron chi connectivity index (χ4n) is 3.31. The third-order valence-corrected chi connectivity index (χ3v) is 4.77. The summed E-state index contributed by atoms with van der Waals surface area (Å²) >= 11 is 0. The van der Waals surface area contributed by atoms with Crippen molar-refractivity contribution in [1.29, 1.82) is 0 Å². The maximum Gasteiger partial charge on any atom is 0.259 e. The Bertz CT molecular complexity index is 977. The van der Waals surface area contributed by atoms with Crippen molar-refractivity contribution in [2.24, 2.45) is 0 Å². The standard InChI is InChI=1S/C21H20N4O2/c1-15-19(14-22-25(15)18-6-3-2-4-7-18)21(27)23-16-9-11-17(12-10-16)24-13-5-8-20(24)26/h2-4,6-7,9-12,14H,5,8,13H2,1H3,(H,23,27). The first-order chi connectivity index (χ1) is 13.1. The van der Waals surface area contributed by atoms with Crippen LogP contribution in [0.3, 0.4) is 0 Å². The predicted octanol–water partition coefficient (Wildman–Crippen LogP) is 3.56. The zero-order valence-corrected chi connectivity index (χ0v) is 15.1. The SMILES string of the molecule is Cc1c(C(=O)Nc2ccc(N3CCCC3=O)cc2)cnn1-c1ccccc1. The molecule has 1 fully saturated rings. The molecule has 6 nitrogen and oxygen atoms in total. The molecule has 1 N–H and O–H groups in total. The molecule has 1 saturated heterocycles. The van der Waals surface area contributed by atoms with Crippen molar-refractivity contribution in [1.82, 2.24) is 9.78 Å². The number of nitrogens with zero attached hydrogens (tertiary/aromatic N) is 3. The molecule has 2 aromatic carbocycles. The highest BCUT2D eigenvalue weighted by Gasteiger charge is 2.21. The Morgan fingerprint density at radius 3 is 2.44 bits per heavy atom. The number of carbonyl (C=O) groups excluding carboxylic acids is 2. The lowest BCUT2D eigenvalue weighted by atomic mass is 10.2. The number of hydrogen-bond acceptors (Lipinski definition) is 3. The molecule has 2 heterocycles. The molecular weight excluding hydrogens is 340 g/mol. The van der Waals surface area contributed by atoms with Crippen LogP contribution in [0.4, 0.5) is 11.4 Å². The summed E-state index contributed by atoms with van der Waals surface area (Å²) in [5.41, 5.74) is 3.76. The summed E-state index contributed by atoms with van der Waals surface area (Å²) in [5, 5.41) is 7.23. The Morgan fingerprint density at radius 1 is 1.04 bits per heavy atom. The molecule has 1 aromatic heterocycles. The van der Waals surface area contributed by atoms with E-state index in [1.807, 2.05) is 61.5 Å². The smallest absolute Gasteiger partial charge is 0.259 e. The van der Waals surface area contributed by atoms with Crippen LogP contribution in [-0.4, -0.2) is 28.1 Å². The number of anilines is 2. The van der Waals surface area contributed by atoms with E-state index in [1.54, 1.807) is 15.8 Å². The second-order valence-corrected chi connectivity index (χ2v) is 6.54. The molecule has 1 aliphatic rings. The van der Waals surface area contributed by atoms with Crippen molar-refractivity contribution in [2.75, 3.05) is 16.8 Å². The van der Waals surface area contributed by atoms with E-state index in [-0.39, 0.29) is 11.8 Å². The van der Waals surface area contributed by atoms with Gasteiger partial charge in [0.25, 0.3) is 5.91 Å². The molecule has 3 aromatic rings. The Kier molecular flexibility index (Phi) is 4.46. The Labute approximate surface area is 157 Å².